The maximum atomic E-state index is 5.96. The number of nitrogens with zero attached hydrogens (tertiary/aromatic N) is 1. The maximum absolute atomic E-state index is 5.96. The van der Waals surface area contributed by atoms with Gasteiger partial charge in [-0.1, -0.05) is 30.7 Å². The van der Waals surface area contributed by atoms with Crippen molar-refractivity contribution < 1.29 is 0 Å². The van der Waals surface area contributed by atoms with Crippen molar-refractivity contribution in [2.24, 2.45) is 4.99 Å². The first-order chi connectivity index (χ1) is 9.15. The Morgan fingerprint density at radius 3 is 2.84 bits per heavy atom. The highest BCUT2D eigenvalue weighted by atomic mass is 35.5. The van der Waals surface area contributed by atoms with Crippen LogP contribution in [-0.2, 0) is 6.42 Å². The average Bonchev–Trinajstić information content (AvgIpc) is 2.42. The standard InChI is InChI=1S/C14H22ClN3S/c1-11(19-3)10-18-14(16-2)17-8-7-12-5-4-6-13(15)9-12/h4-6,9,11H,7-8,10H2,1-3H3,(H2,16,17,18). The van der Waals surface area contributed by atoms with Crippen LogP contribution < -0.4 is 10.6 Å². The molecule has 0 saturated heterocycles. The number of aliphatic imine (C=N–C) groups is 1. The monoisotopic (exact) mass is 299 g/mol. The van der Waals surface area contributed by atoms with Gasteiger partial charge in [0.2, 0.25) is 0 Å². The molecule has 0 radical (unpaired) electrons. The van der Waals surface area contributed by atoms with Crippen molar-refractivity contribution in [2.45, 2.75) is 18.6 Å². The van der Waals surface area contributed by atoms with E-state index in [2.05, 4.69) is 34.9 Å². The molecule has 0 heterocycles. The molecule has 2 N–H and O–H groups in total. The third-order valence-electron chi connectivity index (χ3n) is 2.78. The van der Waals surface area contributed by atoms with Gasteiger partial charge in [0.05, 0.1) is 0 Å². The van der Waals surface area contributed by atoms with Gasteiger partial charge in [-0.25, -0.2) is 0 Å². The summed E-state index contributed by atoms with van der Waals surface area (Å²) >= 11 is 7.79. The molecule has 1 atom stereocenters. The van der Waals surface area contributed by atoms with Gasteiger partial charge in [0.25, 0.3) is 0 Å². The SMILES string of the molecule is CN=C(NCCc1cccc(Cl)c1)NCC(C)SC. The summed E-state index contributed by atoms with van der Waals surface area (Å²) in [6.45, 7) is 3.95. The molecule has 1 aromatic rings. The summed E-state index contributed by atoms with van der Waals surface area (Å²) in [7, 11) is 1.79. The van der Waals surface area contributed by atoms with E-state index in [-0.39, 0.29) is 0 Å². The second-order valence-corrected chi connectivity index (χ2v) is 6.02. The maximum Gasteiger partial charge on any atom is 0.191 e. The van der Waals surface area contributed by atoms with E-state index >= 15 is 0 Å². The Balaban J connectivity index is 2.30. The molecule has 3 nitrogen and oxygen atoms in total. The lowest BCUT2D eigenvalue weighted by atomic mass is 10.1. The van der Waals surface area contributed by atoms with Crippen molar-refractivity contribution in [2.75, 3.05) is 26.4 Å². The molecule has 0 amide bonds. The van der Waals surface area contributed by atoms with Gasteiger partial charge in [-0.3, -0.25) is 4.99 Å². The fourth-order valence-electron chi connectivity index (χ4n) is 1.56. The molecule has 0 aliphatic carbocycles. The second-order valence-electron chi connectivity index (χ2n) is 4.31. The summed E-state index contributed by atoms with van der Waals surface area (Å²) in [5.74, 6) is 0.850. The summed E-state index contributed by atoms with van der Waals surface area (Å²) in [6, 6.07) is 7.95. The van der Waals surface area contributed by atoms with Gasteiger partial charge >= 0.3 is 0 Å². The molecule has 0 aromatic heterocycles. The molecule has 0 aliphatic heterocycles. The van der Waals surface area contributed by atoms with Crippen LogP contribution in [0.4, 0.5) is 0 Å². The van der Waals surface area contributed by atoms with Gasteiger partial charge in [0.1, 0.15) is 0 Å². The minimum Gasteiger partial charge on any atom is -0.356 e. The highest BCUT2D eigenvalue weighted by molar-refractivity contribution is 7.99. The first kappa shape index (κ1) is 16.2. The lowest BCUT2D eigenvalue weighted by Gasteiger charge is -2.14. The van der Waals surface area contributed by atoms with Gasteiger partial charge < -0.3 is 10.6 Å². The van der Waals surface area contributed by atoms with Crippen molar-refractivity contribution in [1.29, 1.82) is 0 Å². The van der Waals surface area contributed by atoms with Crippen LogP contribution in [0, 0.1) is 0 Å². The summed E-state index contributed by atoms with van der Waals surface area (Å²) in [4.78, 5) is 4.20. The van der Waals surface area contributed by atoms with E-state index in [4.69, 9.17) is 11.6 Å². The Labute approximate surface area is 125 Å². The topological polar surface area (TPSA) is 36.4 Å². The highest BCUT2D eigenvalue weighted by Crippen LogP contribution is 2.10. The summed E-state index contributed by atoms with van der Waals surface area (Å²) in [5.41, 5.74) is 1.23. The lowest BCUT2D eigenvalue weighted by Crippen LogP contribution is -2.40. The van der Waals surface area contributed by atoms with Crippen molar-refractivity contribution in [3.8, 4) is 0 Å². The zero-order chi connectivity index (χ0) is 14.1. The van der Waals surface area contributed by atoms with Gasteiger partial charge in [-0.2, -0.15) is 11.8 Å². The predicted molar refractivity (Wildman–Crippen MR) is 87.5 cm³/mol. The Bertz CT molecular complexity index is 409. The highest BCUT2D eigenvalue weighted by Gasteiger charge is 2.02. The fraction of sp³-hybridized carbons (Fsp3) is 0.500. The lowest BCUT2D eigenvalue weighted by molar-refractivity contribution is 0.781. The molecule has 106 valence electrons. The fourth-order valence-corrected chi connectivity index (χ4v) is 2.02. The third kappa shape index (κ3) is 6.73. The Hall–Kier alpha value is -0.870. The molecule has 1 unspecified atom stereocenters. The summed E-state index contributed by atoms with van der Waals surface area (Å²) in [5, 5.41) is 7.97. The quantitative estimate of drug-likeness (QED) is 0.626. The molecule has 0 aliphatic rings. The van der Waals surface area contributed by atoms with Crippen LogP contribution in [0.25, 0.3) is 0 Å². The Kier molecular flexibility index (Phi) is 7.75. The van der Waals surface area contributed by atoms with E-state index in [0.29, 0.717) is 5.25 Å². The first-order valence-electron chi connectivity index (χ1n) is 6.37. The minimum atomic E-state index is 0.575. The zero-order valence-corrected chi connectivity index (χ0v) is 13.3. The van der Waals surface area contributed by atoms with Crippen molar-refractivity contribution in [3.05, 3.63) is 34.9 Å². The summed E-state index contributed by atoms with van der Waals surface area (Å²) in [6.07, 6.45) is 3.04. The van der Waals surface area contributed by atoms with Crippen LogP contribution >= 0.6 is 23.4 Å². The zero-order valence-electron chi connectivity index (χ0n) is 11.7. The molecule has 0 fully saturated rings. The number of nitrogens with one attached hydrogen (secondary N) is 2. The Morgan fingerprint density at radius 2 is 2.21 bits per heavy atom. The van der Waals surface area contributed by atoms with Crippen LogP contribution in [0.5, 0.6) is 0 Å². The first-order valence-corrected chi connectivity index (χ1v) is 8.04. The molecule has 1 aromatic carbocycles. The molecule has 1 rings (SSSR count). The number of benzene rings is 1. The predicted octanol–water partition coefficient (Wildman–Crippen LogP) is 2.80. The van der Waals surface area contributed by atoms with Gasteiger partial charge in [0, 0.05) is 30.4 Å². The molecule has 0 bridgehead atoms. The van der Waals surface area contributed by atoms with E-state index in [1.165, 1.54) is 5.56 Å². The van der Waals surface area contributed by atoms with E-state index in [0.717, 1.165) is 30.5 Å². The van der Waals surface area contributed by atoms with Crippen molar-refractivity contribution >= 4 is 29.3 Å². The smallest absolute Gasteiger partial charge is 0.191 e. The van der Waals surface area contributed by atoms with Gasteiger partial charge in [-0.15, -0.1) is 0 Å². The van der Waals surface area contributed by atoms with Crippen LogP contribution in [0.15, 0.2) is 29.3 Å². The van der Waals surface area contributed by atoms with E-state index in [1.807, 2.05) is 30.0 Å². The van der Waals surface area contributed by atoms with Crippen molar-refractivity contribution in [1.82, 2.24) is 10.6 Å². The number of hydrogen-bond donors (Lipinski definition) is 2. The molecule has 0 spiro atoms. The second kappa shape index (κ2) is 9.10. The van der Waals surface area contributed by atoms with Crippen molar-refractivity contribution in [3.63, 3.8) is 0 Å². The number of thioether (sulfide) groups is 1. The van der Waals surface area contributed by atoms with Crippen LogP contribution in [-0.4, -0.2) is 37.6 Å². The molecule has 0 saturated carbocycles. The normalized spacial score (nSPS) is 13.2. The number of halogens is 1. The Morgan fingerprint density at radius 1 is 1.42 bits per heavy atom. The molecular weight excluding hydrogens is 278 g/mol. The number of rotatable bonds is 6. The molecule has 19 heavy (non-hydrogen) atoms. The molecule has 5 heteroatoms. The van der Waals surface area contributed by atoms with Gasteiger partial charge in [-0.05, 0) is 30.4 Å². The molecular formula is C14H22ClN3S. The van der Waals surface area contributed by atoms with E-state index in [1.54, 1.807) is 7.05 Å². The number of guanidine groups is 1. The minimum absolute atomic E-state index is 0.575. The van der Waals surface area contributed by atoms with Crippen LogP contribution in [0.1, 0.15) is 12.5 Å². The van der Waals surface area contributed by atoms with Gasteiger partial charge in [0.15, 0.2) is 5.96 Å². The largest absolute Gasteiger partial charge is 0.356 e. The average molecular weight is 300 g/mol. The number of hydrogen-bond acceptors (Lipinski definition) is 2. The summed E-state index contributed by atoms with van der Waals surface area (Å²) < 4.78 is 0. The third-order valence-corrected chi connectivity index (χ3v) is 3.98. The van der Waals surface area contributed by atoms with E-state index < -0.39 is 0 Å². The van der Waals surface area contributed by atoms with Crippen LogP contribution in [0.2, 0.25) is 5.02 Å². The van der Waals surface area contributed by atoms with E-state index in [9.17, 15) is 0 Å². The van der Waals surface area contributed by atoms with Crippen LogP contribution in [0.3, 0.4) is 0 Å².